The second kappa shape index (κ2) is 6.37. The molecule has 1 saturated carbocycles. The Kier molecular flexibility index (Phi) is 4.81. The Labute approximate surface area is 117 Å². The molecule has 0 aromatic heterocycles. The second-order valence-corrected chi connectivity index (χ2v) is 6.35. The zero-order valence-electron chi connectivity index (χ0n) is 10.8. The zero-order valence-corrected chi connectivity index (χ0v) is 12.4. The van der Waals surface area contributed by atoms with Crippen LogP contribution in [0.5, 0.6) is 0 Å². The van der Waals surface area contributed by atoms with Gasteiger partial charge < -0.3 is 5.32 Å². The third-order valence-corrected chi connectivity index (χ3v) is 4.01. The Bertz CT molecular complexity index is 397. The van der Waals surface area contributed by atoms with Crippen molar-refractivity contribution < 1.29 is 4.79 Å². The molecule has 18 heavy (non-hydrogen) atoms. The van der Waals surface area contributed by atoms with Gasteiger partial charge in [-0.2, -0.15) is 0 Å². The lowest BCUT2D eigenvalue weighted by Crippen LogP contribution is -2.13. The van der Waals surface area contributed by atoms with Crippen LogP contribution in [-0.4, -0.2) is 10.7 Å². The van der Waals surface area contributed by atoms with Crippen LogP contribution in [0.1, 0.15) is 38.2 Å². The quantitative estimate of drug-likeness (QED) is 0.786. The highest BCUT2D eigenvalue weighted by Gasteiger charge is 2.29. The van der Waals surface area contributed by atoms with Crippen molar-refractivity contribution >= 4 is 27.5 Å². The van der Waals surface area contributed by atoms with Crippen molar-refractivity contribution in [2.45, 2.75) is 43.9 Å². The summed E-state index contributed by atoms with van der Waals surface area (Å²) in [6.45, 7) is 2.20. The maximum Gasteiger partial charge on any atom is 0.227 e. The van der Waals surface area contributed by atoms with Crippen molar-refractivity contribution in [2.75, 3.05) is 5.32 Å². The molecule has 98 valence electrons. The highest BCUT2D eigenvalue weighted by atomic mass is 79.9. The molecule has 0 radical (unpaired) electrons. The van der Waals surface area contributed by atoms with Gasteiger partial charge in [-0.25, -0.2) is 0 Å². The SMILES string of the molecule is CCCC(Br)Cc1ccc(NC(=O)C2CC2)cc1. The summed E-state index contributed by atoms with van der Waals surface area (Å²) in [5.41, 5.74) is 2.23. The standard InChI is InChI=1S/C15H20BrNO/c1-2-3-13(16)10-11-4-8-14(9-5-11)17-15(18)12-6-7-12/h4-5,8-9,12-13H,2-3,6-7,10H2,1H3,(H,17,18). The monoisotopic (exact) mass is 309 g/mol. The van der Waals surface area contributed by atoms with Gasteiger partial charge in [-0.05, 0) is 43.4 Å². The summed E-state index contributed by atoms with van der Waals surface area (Å²) >= 11 is 3.69. The number of nitrogens with one attached hydrogen (secondary N) is 1. The van der Waals surface area contributed by atoms with E-state index < -0.39 is 0 Å². The molecule has 0 bridgehead atoms. The number of amides is 1. The fraction of sp³-hybridized carbons (Fsp3) is 0.533. The smallest absolute Gasteiger partial charge is 0.227 e. The number of carbonyl (C=O) groups is 1. The topological polar surface area (TPSA) is 29.1 Å². The molecule has 2 nitrogen and oxygen atoms in total. The molecule has 0 heterocycles. The van der Waals surface area contributed by atoms with Gasteiger partial charge in [0.1, 0.15) is 0 Å². The van der Waals surface area contributed by atoms with Crippen LogP contribution < -0.4 is 5.32 Å². The Morgan fingerprint density at radius 3 is 2.61 bits per heavy atom. The van der Waals surface area contributed by atoms with Crippen molar-refractivity contribution in [2.24, 2.45) is 5.92 Å². The maximum absolute atomic E-state index is 11.6. The highest BCUT2D eigenvalue weighted by molar-refractivity contribution is 9.09. The molecule has 1 N–H and O–H groups in total. The number of hydrogen-bond acceptors (Lipinski definition) is 1. The predicted octanol–water partition coefficient (Wildman–Crippen LogP) is 4.14. The maximum atomic E-state index is 11.6. The summed E-state index contributed by atoms with van der Waals surface area (Å²) in [5, 5.41) is 2.96. The van der Waals surface area contributed by atoms with Gasteiger partial charge in [-0.1, -0.05) is 41.4 Å². The van der Waals surface area contributed by atoms with Crippen molar-refractivity contribution in [3.63, 3.8) is 0 Å². The van der Waals surface area contributed by atoms with Crippen LogP contribution in [0.2, 0.25) is 0 Å². The van der Waals surface area contributed by atoms with E-state index in [4.69, 9.17) is 0 Å². The summed E-state index contributed by atoms with van der Waals surface area (Å²) in [6, 6.07) is 8.21. The zero-order chi connectivity index (χ0) is 13.0. The van der Waals surface area contributed by atoms with Gasteiger partial charge in [-0.15, -0.1) is 0 Å². The van der Waals surface area contributed by atoms with E-state index in [0.717, 1.165) is 24.9 Å². The first-order valence-corrected chi connectivity index (χ1v) is 7.64. The van der Waals surface area contributed by atoms with E-state index in [0.29, 0.717) is 4.83 Å². The molecule has 1 aromatic carbocycles. The van der Waals surface area contributed by atoms with Gasteiger partial charge in [0, 0.05) is 16.4 Å². The minimum absolute atomic E-state index is 0.173. The molecule has 2 rings (SSSR count). The van der Waals surface area contributed by atoms with E-state index in [1.165, 1.54) is 18.4 Å². The summed E-state index contributed by atoms with van der Waals surface area (Å²) in [4.78, 5) is 12.2. The third-order valence-electron chi connectivity index (χ3n) is 3.23. The molecule has 1 atom stereocenters. The number of benzene rings is 1. The van der Waals surface area contributed by atoms with Crippen LogP contribution in [-0.2, 0) is 11.2 Å². The van der Waals surface area contributed by atoms with Crippen LogP contribution >= 0.6 is 15.9 Å². The van der Waals surface area contributed by atoms with E-state index in [1.54, 1.807) is 0 Å². The molecule has 1 amide bonds. The number of halogens is 1. The van der Waals surface area contributed by atoms with Crippen molar-refractivity contribution in [3.8, 4) is 0 Å². The minimum atomic E-state index is 0.173. The lowest BCUT2D eigenvalue weighted by Gasteiger charge is -2.09. The lowest BCUT2D eigenvalue weighted by molar-refractivity contribution is -0.117. The largest absolute Gasteiger partial charge is 0.326 e. The van der Waals surface area contributed by atoms with Crippen molar-refractivity contribution in [3.05, 3.63) is 29.8 Å². The first-order chi connectivity index (χ1) is 8.69. The van der Waals surface area contributed by atoms with Gasteiger partial charge in [0.2, 0.25) is 5.91 Å². The van der Waals surface area contributed by atoms with Crippen LogP contribution in [0.3, 0.4) is 0 Å². The van der Waals surface area contributed by atoms with Crippen LogP contribution in [0.15, 0.2) is 24.3 Å². The Hall–Kier alpha value is -0.830. The minimum Gasteiger partial charge on any atom is -0.326 e. The van der Waals surface area contributed by atoms with Crippen molar-refractivity contribution in [1.29, 1.82) is 0 Å². The van der Waals surface area contributed by atoms with Gasteiger partial charge in [-0.3, -0.25) is 4.79 Å². The average Bonchev–Trinajstić information content (AvgIpc) is 3.16. The summed E-state index contributed by atoms with van der Waals surface area (Å²) in [6.07, 6.45) is 5.54. The van der Waals surface area contributed by atoms with E-state index >= 15 is 0 Å². The summed E-state index contributed by atoms with van der Waals surface area (Å²) < 4.78 is 0. The van der Waals surface area contributed by atoms with E-state index in [9.17, 15) is 4.79 Å². The highest BCUT2D eigenvalue weighted by Crippen LogP contribution is 2.30. The molecule has 1 aromatic rings. The molecule has 1 aliphatic carbocycles. The summed E-state index contributed by atoms with van der Waals surface area (Å²) in [7, 11) is 0. The number of anilines is 1. The summed E-state index contributed by atoms with van der Waals surface area (Å²) in [5.74, 6) is 0.438. The van der Waals surface area contributed by atoms with E-state index in [1.807, 2.05) is 12.1 Å². The molecular formula is C15H20BrNO. The second-order valence-electron chi connectivity index (χ2n) is 5.05. The van der Waals surface area contributed by atoms with E-state index in [2.05, 4.69) is 40.3 Å². The first kappa shape index (κ1) is 13.6. The van der Waals surface area contributed by atoms with Crippen LogP contribution in [0, 0.1) is 5.92 Å². The van der Waals surface area contributed by atoms with Gasteiger partial charge >= 0.3 is 0 Å². The molecule has 1 aliphatic rings. The number of alkyl halides is 1. The van der Waals surface area contributed by atoms with Crippen LogP contribution in [0.4, 0.5) is 5.69 Å². The normalized spacial score (nSPS) is 16.3. The molecule has 0 spiro atoms. The Balaban J connectivity index is 1.86. The van der Waals surface area contributed by atoms with E-state index in [-0.39, 0.29) is 11.8 Å². The predicted molar refractivity (Wildman–Crippen MR) is 79.1 cm³/mol. The third kappa shape index (κ3) is 4.13. The molecule has 0 saturated heterocycles. The fourth-order valence-corrected chi connectivity index (χ4v) is 2.82. The van der Waals surface area contributed by atoms with Crippen LogP contribution in [0.25, 0.3) is 0 Å². The fourth-order valence-electron chi connectivity index (χ4n) is 1.99. The Morgan fingerprint density at radius 1 is 1.39 bits per heavy atom. The Morgan fingerprint density at radius 2 is 2.06 bits per heavy atom. The number of carbonyl (C=O) groups excluding carboxylic acids is 1. The molecule has 0 aliphatic heterocycles. The van der Waals surface area contributed by atoms with Crippen molar-refractivity contribution in [1.82, 2.24) is 0 Å². The molecule has 1 unspecified atom stereocenters. The average molecular weight is 310 g/mol. The molecule has 1 fully saturated rings. The first-order valence-electron chi connectivity index (χ1n) is 6.73. The van der Waals surface area contributed by atoms with Gasteiger partial charge in [0.15, 0.2) is 0 Å². The lowest BCUT2D eigenvalue weighted by atomic mass is 10.1. The number of rotatable bonds is 6. The van der Waals surface area contributed by atoms with Gasteiger partial charge in [0.05, 0.1) is 0 Å². The number of hydrogen-bond donors (Lipinski definition) is 1. The van der Waals surface area contributed by atoms with Gasteiger partial charge in [0.25, 0.3) is 0 Å². The molecule has 3 heteroatoms. The molecular weight excluding hydrogens is 290 g/mol.